The highest BCUT2D eigenvalue weighted by Crippen LogP contribution is 2.28. The van der Waals surface area contributed by atoms with Crippen LogP contribution in [0.15, 0.2) is 17.6 Å². The molecule has 2 atom stereocenters. The zero-order valence-electron chi connectivity index (χ0n) is 11.1. The SMILES string of the molecule is c1nnc(-c2ccc(N3CC4CCC3CCN4)nn2)s1. The van der Waals surface area contributed by atoms with Crippen molar-refractivity contribution < 1.29 is 0 Å². The van der Waals surface area contributed by atoms with Crippen LogP contribution in [0, 0.1) is 0 Å². The molecule has 0 saturated carbocycles. The lowest BCUT2D eigenvalue weighted by Gasteiger charge is -2.36. The van der Waals surface area contributed by atoms with Gasteiger partial charge in [0, 0.05) is 18.6 Å². The maximum Gasteiger partial charge on any atom is 0.167 e. The van der Waals surface area contributed by atoms with Crippen LogP contribution in [0.5, 0.6) is 0 Å². The van der Waals surface area contributed by atoms with E-state index in [0.29, 0.717) is 12.1 Å². The summed E-state index contributed by atoms with van der Waals surface area (Å²) in [4.78, 5) is 2.41. The van der Waals surface area contributed by atoms with Crippen LogP contribution in [0.2, 0.25) is 0 Å². The van der Waals surface area contributed by atoms with Crippen molar-refractivity contribution in [3.63, 3.8) is 0 Å². The molecule has 5 heterocycles. The normalized spacial score (nSPS) is 25.7. The summed E-state index contributed by atoms with van der Waals surface area (Å²) in [6, 6.07) is 5.25. The van der Waals surface area contributed by atoms with Crippen LogP contribution in [0.3, 0.4) is 0 Å². The lowest BCUT2D eigenvalue weighted by molar-refractivity contribution is 0.426. The fourth-order valence-electron chi connectivity index (χ4n) is 3.11. The smallest absolute Gasteiger partial charge is 0.167 e. The van der Waals surface area contributed by atoms with Crippen molar-refractivity contribution in [2.45, 2.75) is 31.3 Å². The first-order valence-electron chi connectivity index (χ1n) is 7.00. The van der Waals surface area contributed by atoms with Crippen LogP contribution in [0.25, 0.3) is 10.7 Å². The molecule has 2 aromatic rings. The summed E-state index contributed by atoms with van der Waals surface area (Å²) in [5.41, 5.74) is 2.51. The summed E-state index contributed by atoms with van der Waals surface area (Å²) in [5, 5.41) is 21.0. The Bertz CT molecular complexity index is 565. The lowest BCUT2D eigenvalue weighted by Crippen LogP contribution is -2.46. The predicted octanol–water partition coefficient (Wildman–Crippen LogP) is 1.33. The molecule has 104 valence electrons. The average molecular weight is 288 g/mol. The topological polar surface area (TPSA) is 66.8 Å². The monoisotopic (exact) mass is 288 g/mol. The van der Waals surface area contributed by atoms with Crippen molar-refractivity contribution in [2.75, 3.05) is 18.0 Å². The average Bonchev–Trinajstić information content (AvgIpc) is 2.85. The first-order valence-corrected chi connectivity index (χ1v) is 7.88. The number of nitrogens with zero attached hydrogens (tertiary/aromatic N) is 5. The maximum atomic E-state index is 4.41. The first kappa shape index (κ1) is 12.2. The highest BCUT2D eigenvalue weighted by Gasteiger charge is 2.31. The van der Waals surface area contributed by atoms with Gasteiger partial charge in [0.15, 0.2) is 10.8 Å². The van der Waals surface area contributed by atoms with Crippen molar-refractivity contribution in [1.29, 1.82) is 0 Å². The molecule has 1 N–H and O–H groups in total. The first-order chi connectivity index (χ1) is 9.90. The van der Waals surface area contributed by atoms with Crippen molar-refractivity contribution in [3.8, 4) is 10.7 Å². The molecule has 0 aliphatic carbocycles. The standard InChI is InChI=1S/C13H16N6S/c1-2-10-5-6-14-9(1)7-19(10)12-4-3-11(16-17-12)13-18-15-8-20-13/h3-4,8-10,14H,1-2,5-7H2. The van der Waals surface area contributed by atoms with Gasteiger partial charge in [-0.3, -0.25) is 0 Å². The molecule has 7 heteroatoms. The van der Waals surface area contributed by atoms with E-state index in [-0.39, 0.29) is 0 Å². The quantitative estimate of drug-likeness (QED) is 0.899. The third kappa shape index (κ3) is 2.16. The predicted molar refractivity (Wildman–Crippen MR) is 77.7 cm³/mol. The van der Waals surface area contributed by atoms with Gasteiger partial charge < -0.3 is 10.2 Å². The summed E-state index contributed by atoms with van der Waals surface area (Å²) in [7, 11) is 0. The van der Waals surface area contributed by atoms with E-state index in [2.05, 4.69) is 36.7 Å². The summed E-state index contributed by atoms with van der Waals surface area (Å²) < 4.78 is 0. The highest BCUT2D eigenvalue weighted by atomic mass is 32.1. The molecule has 2 bridgehead atoms. The molecular formula is C13H16N6S. The second kappa shape index (κ2) is 5.06. The van der Waals surface area contributed by atoms with E-state index in [1.165, 1.54) is 30.6 Å². The fourth-order valence-corrected chi connectivity index (χ4v) is 3.62. The van der Waals surface area contributed by atoms with Crippen LogP contribution in [0.1, 0.15) is 19.3 Å². The fraction of sp³-hybridized carbons (Fsp3) is 0.538. The van der Waals surface area contributed by atoms with Crippen molar-refractivity contribution >= 4 is 17.2 Å². The highest BCUT2D eigenvalue weighted by molar-refractivity contribution is 7.12. The molecule has 3 aliphatic rings. The van der Waals surface area contributed by atoms with Crippen LogP contribution >= 0.6 is 11.3 Å². The number of fused-ring (bicyclic) bond motifs is 4. The Morgan fingerprint density at radius 1 is 1.15 bits per heavy atom. The number of hydrogen-bond acceptors (Lipinski definition) is 7. The molecule has 0 aromatic carbocycles. The van der Waals surface area contributed by atoms with E-state index >= 15 is 0 Å². The minimum absolute atomic E-state index is 0.596. The van der Waals surface area contributed by atoms with E-state index in [1.54, 1.807) is 5.51 Å². The van der Waals surface area contributed by atoms with Gasteiger partial charge in [-0.25, -0.2) is 0 Å². The molecule has 20 heavy (non-hydrogen) atoms. The van der Waals surface area contributed by atoms with Crippen molar-refractivity contribution in [1.82, 2.24) is 25.7 Å². The summed E-state index contributed by atoms with van der Waals surface area (Å²) in [6.45, 7) is 2.15. The number of piperidine rings is 1. The van der Waals surface area contributed by atoms with Crippen LogP contribution < -0.4 is 10.2 Å². The Balaban J connectivity index is 1.59. The van der Waals surface area contributed by atoms with Gasteiger partial charge in [0.25, 0.3) is 0 Å². The third-order valence-electron chi connectivity index (χ3n) is 4.14. The molecule has 6 nitrogen and oxygen atoms in total. The van der Waals surface area contributed by atoms with Crippen molar-refractivity contribution in [2.24, 2.45) is 0 Å². The summed E-state index contributed by atoms with van der Waals surface area (Å²) in [5.74, 6) is 0.983. The molecule has 0 amide bonds. The van der Waals surface area contributed by atoms with E-state index in [0.717, 1.165) is 29.6 Å². The molecule has 5 rings (SSSR count). The zero-order valence-corrected chi connectivity index (χ0v) is 11.9. The van der Waals surface area contributed by atoms with Gasteiger partial charge in [-0.05, 0) is 37.9 Å². The third-order valence-corrected chi connectivity index (χ3v) is 4.85. The number of nitrogens with one attached hydrogen (secondary N) is 1. The van der Waals surface area contributed by atoms with Crippen molar-refractivity contribution in [3.05, 3.63) is 17.6 Å². The molecule has 3 saturated heterocycles. The zero-order chi connectivity index (χ0) is 13.4. The van der Waals surface area contributed by atoms with Crippen LogP contribution in [-0.4, -0.2) is 45.6 Å². The number of rotatable bonds is 2. The van der Waals surface area contributed by atoms with Gasteiger partial charge in [0.2, 0.25) is 0 Å². The summed E-state index contributed by atoms with van der Waals surface area (Å²) >= 11 is 1.48. The number of hydrogen-bond donors (Lipinski definition) is 1. The minimum atomic E-state index is 0.596. The Kier molecular flexibility index (Phi) is 3.08. The van der Waals surface area contributed by atoms with Gasteiger partial charge in [-0.2, -0.15) is 0 Å². The Morgan fingerprint density at radius 3 is 2.95 bits per heavy atom. The van der Waals surface area contributed by atoms with Gasteiger partial charge in [0.05, 0.1) is 0 Å². The maximum absolute atomic E-state index is 4.41. The van der Waals surface area contributed by atoms with Gasteiger partial charge in [0.1, 0.15) is 11.2 Å². The number of aromatic nitrogens is 4. The second-order valence-electron chi connectivity index (χ2n) is 5.34. The van der Waals surface area contributed by atoms with E-state index in [4.69, 9.17) is 0 Å². The van der Waals surface area contributed by atoms with Gasteiger partial charge in [-0.15, -0.1) is 20.4 Å². The molecular weight excluding hydrogens is 272 g/mol. The lowest BCUT2D eigenvalue weighted by atomic mass is 9.99. The largest absolute Gasteiger partial charge is 0.351 e. The van der Waals surface area contributed by atoms with E-state index < -0.39 is 0 Å². The Morgan fingerprint density at radius 2 is 2.15 bits per heavy atom. The molecule has 3 fully saturated rings. The number of anilines is 1. The Labute approximate surface area is 121 Å². The molecule has 0 radical (unpaired) electrons. The molecule has 3 aliphatic heterocycles. The van der Waals surface area contributed by atoms with E-state index in [1.807, 2.05) is 6.07 Å². The molecule has 2 aromatic heterocycles. The Hall–Kier alpha value is -1.60. The van der Waals surface area contributed by atoms with Crippen LogP contribution in [0.4, 0.5) is 5.82 Å². The van der Waals surface area contributed by atoms with Gasteiger partial charge in [-0.1, -0.05) is 11.3 Å². The minimum Gasteiger partial charge on any atom is -0.351 e. The molecule has 2 unspecified atom stereocenters. The second-order valence-corrected chi connectivity index (χ2v) is 6.18. The summed E-state index contributed by atoms with van der Waals surface area (Å²) in [6.07, 6.45) is 3.71. The van der Waals surface area contributed by atoms with Gasteiger partial charge >= 0.3 is 0 Å². The van der Waals surface area contributed by atoms with E-state index in [9.17, 15) is 0 Å². The van der Waals surface area contributed by atoms with Crippen LogP contribution in [-0.2, 0) is 0 Å². The molecule has 0 spiro atoms.